The Kier molecular flexibility index (Phi) is 6.23. The second kappa shape index (κ2) is 9.64. The largest absolute Gasteiger partial charge is 0.469 e. The maximum Gasteiger partial charge on any atom is 0.272 e. The van der Waals surface area contributed by atoms with Crippen molar-refractivity contribution in [2.45, 2.75) is 18.8 Å². The Morgan fingerprint density at radius 1 is 1.17 bits per heavy atom. The lowest BCUT2D eigenvalue weighted by Gasteiger charge is -2.08. The maximum atomic E-state index is 12.6. The fraction of sp³-hybridized carbons (Fsp3) is 0.318. The number of halogens is 2. The van der Waals surface area contributed by atoms with Gasteiger partial charge in [0.25, 0.3) is 12.3 Å². The molecule has 1 unspecified atom stereocenters. The predicted molar refractivity (Wildman–Crippen MR) is 123 cm³/mol. The number of aryl methyl sites for hydroxylation is 1. The number of ether oxygens (including phenoxy) is 1. The standard InChI is InChI=1S/C22H22F2N10O2/c1-32-9-7-13(21(32)35)16-11-34(31-29-16)19-5-3-4-14(26-19)15-6-8-25-22(27-15)28-17-10-33(2)30-20(17)36-12-18(23)24/h3-6,8,10-11,13,18H,7,9,12H2,1-2H3,(H,25,27,28). The second-order valence-electron chi connectivity index (χ2n) is 8.18. The van der Waals surface area contributed by atoms with Crippen molar-refractivity contribution >= 4 is 17.5 Å². The number of aromatic nitrogens is 8. The number of carbonyl (C=O) groups is 1. The van der Waals surface area contributed by atoms with E-state index in [4.69, 9.17) is 4.74 Å². The predicted octanol–water partition coefficient (Wildman–Crippen LogP) is 2.19. The molecule has 1 aliphatic heterocycles. The molecule has 14 heteroatoms. The van der Waals surface area contributed by atoms with Crippen molar-refractivity contribution in [1.29, 1.82) is 0 Å². The molecule has 1 amide bonds. The molecule has 1 aliphatic rings. The van der Waals surface area contributed by atoms with Crippen molar-refractivity contribution < 1.29 is 18.3 Å². The van der Waals surface area contributed by atoms with Crippen LogP contribution in [0.1, 0.15) is 18.0 Å². The molecule has 1 N–H and O–H groups in total. The summed E-state index contributed by atoms with van der Waals surface area (Å²) in [7, 11) is 3.41. The van der Waals surface area contributed by atoms with Crippen LogP contribution in [0, 0.1) is 0 Å². The lowest BCUT2D eigenvalue weighted by molar-refractivity contribution is -0.127. The number of carbonyl (C=O) groups excluding carboxylic acids is 1. The number of likely N-dealkylation sites (N-methyl/N-ethyl adjacent to an activating group) is 1. The van der Waals surface area contributed by atoms with Crippen LogP contribution in [0.4, 0.5) is 20.4 Å². The molecule has 186 valence electrons. The molecule has 0 aliphatic carbocycles. The first kappa shape index (κ1) is 23.3. The summed E-state index contributed by atoms with van der Waals surface area (Å²) in [5.74, 6) is 0.459. The number of alkyl halides is 2. The van der Waals surface area contributed by atoms with E-state index in [0.29, 0.717) is 41.6 Å². The van der Waals surface area contributed by atoms with Crippen LogP contribution in [0.15, 0.2) is 42.9 Å². The summed E-state index contributed by atoms with van der Waals surface area (Å²) in [6, 6.07) is 7.05. The number of pyridine rings is 1. The average Bonchev–Trinajstić information content (AvgIpc) is 3.57. The van der Waals surface area contributed by atoms with Gasteiger partial charge in [0.05, 0.1) is 35.4 Å². The third kappa shape index (κ3) is 4.82. The third-order valence-corrected chi connectivity index (χ3v) is 5.57. The van der Waals surface area contributed by atoms with Crippen molar-refractivity contribution in [3.05, 3.63) is 48.5 Å². The van der Waals surface area contributed by atoms with E-state index in [1.807, 2.05) is 0 Å². The zero-order valence-electron chi connectivity index (χ0n) is 19.4. The van der Waals surface area contributed by atoms with Gasteiger partial charge in [-0.15, -0.1) is 10.2 Å². The van der Waals surface area contributed by atoms with Crippen molar-refractivity contribution in [3.8, 4) is 23.1 Å². The molecule has 0 spiro atoms. The first-order valence-corrected chi connectivity index (χ1v) is 11.1. The molecule has 4 aromatic rings. The molecule has 0 saturated carbocycles. The Morgan fingerprint density at radius 3 is 2.78 bits per heavy atom. The molecule has 1 fully saturated rings. The number of amides is 1. The number of likely N-dealkylation sites (tertiary alicyclic amines) is 1. The molecular weight excluding hydrogens is 474 g/mol. The lowest BCUT2D eigenvalue weighted by atomic mass is 10.1. The molecular formula is C22H22F2N10O2. The second-order valence-corrected chi connectivity index (χ2v) is 8.18. The number of hydrogen-bond donors (Lipinski definition) is 1. The van der Waals surface area contributed by atoms with Gasteiger partial charge in [0.2, 0.25) is 11.9 Å². The zero-order chi connectivity index (χ0) is 25.2. The average molecular weight is 496 g/mol. The number of hydrogen-bond acceptors (Lipinski definition) is 9. The SMILES string of the molecule is CN1CCC(c2cn(-c3cccc(-c4ccnc(Nc5cn(C)nc5OCC(F)F)n4)n3)nn2)C1=O. The Bertz CT molecular complexity index is 1390. The molecule has 0 radical (unpaired) electrons. The highest BCUT2D eigenvalue weighted by atomic mass is 19.3. The summed E-state index contributed by atoms with van der Waals surface area (Å²) in [5.41, 5.74) is 2.01. The molecule has 5 heterocycles. The normalized spacial score (nSPS) is 15.6. The van der Waals surface area contributed by atoms with Crippen molar-refractivity contribution in [3.63, 3.8) is 0 Å². The minimum Gasteiger partial charge on any atom is -0.469 e. The van der Waals surface area contributed by atoms with Crippen LogP contribution in [0.5, 0.6) is 5.88 Å². The van der Waals surface area contributed by atoms with Gasteiger partial charge in [-0.05, 0) is 24.6 Å². The highest BCUT2D eigenvalue weighted by Gasteiger charge is 2.32. The minimum atomic E-state index is -2.63. The van der Waals surface area contributed by atoms with E-state index < -0.39 is 13.0 Å². The fourth-order valence-corrected chi connectivity index (χ4v) is 3.82. The Labute approximate surface area is 203 Å². The van der Waals surface area contributed by atoms with Gasteiger partial charge in [-0.2, -0.15) is 0 Å². The summed E-state index contributed by atoms with van der Waals surface area (Å²) in [6.45, 7) is -0.0913. The fourth-order valence-electron chi connectivity index (χ4n) is 3.82. The van der Waals surface area contributed by atoms with Gasteiger partial charge in [-0.3, -0.25) is 9.48 Å². The molecule has 12 nitrogen and oxygen atoms in total. The van der Waals surface area contributed by atoms with Crippen LogP contribution >= 0.6 is 0 Å². The lowest BCUT2D eigenvalue weighted by Crippen LogP contribution is -2.21. The topological polar surface area (TPSA) is 129 Å². The first-order valence-electron chi connectivity index (χ1n) is 11.1. The number of nitrogens with zero attached hydrogens (tertiary/aromatic N) is 9. The van der Waals surface area contributed by atoms with Crippen molar-refractivity contribution in [2.75, 3.05) is 25.5 Å². The van der Waals surface area contributed by atoms with E-state index >= 15 is 0 Å². The van der Waals surface area contributed by atoms with E-state index in [1.54, 1.807) is 61.9 Å². The Hall–Kier alpha value is -4.49. The molecule has 1 atom stereocenters. The molecule has 4 aromatic heterocycles. The Morgan fingerprint density at radius 2 is 2.00 bits per heavy atom. The van der Waals surface area contributed by atoms with Crippen LogP contribution < -0.4 is 10.1 Å². The van der Waals surface area contributed by atoms with Crippen LogP contribution in [0.25, 0.3) is 17.2 Å². The summed E-state index contributed by atoms with van der Waals surface area (Å²) < 4.78 is 33.1. The van der Waals surface area contributed by atoms with E-state index in [2.05, 4.69) is 35.7 Å². The third-order valence-electron chi connectivity index (χ3n) is 5.57. The van der Waals surface area contributed by atoms with Gasteiger partial charge >= 0.3 is 0 Å². The maximum absolute atomic E-state index is 12.6. The number of rotatable bonds is 8. The van der Waals surface area contributed by atoms with Gasteiger partial charge < -0.3 is 15.0 Å². The highest BCUT2D eigenvalue weighted by molar-refractivity contribution is 5.84. The van der Waals surface area contributed by atoms with Crippen molar-refractivity contribution in [1.82, 2.24) is 44.6 Å². The molecule has 1 saturated heterocycles. The number of nitrogens with one attached hydrogen (secondary N) is 1. The molecule has 0 aromatic carbocycles. The summed E-state index contributed by atoms with van der Waals surface area (Å²) >= 11 is 0. The van der Waals surface area contributed by atoms with E-state index in [0.717, 1.165) is 0 Å². The van der Waals surface area contributed by atoms with Crippen LogP contribution in [-0.4, -0.2) is 77.2 Å². The van der Waals surface area contributed by atoms with Gasteiger partial charge in [0, 0.05) is 26.8 Å². The van der Waals surface area contributed by atoms with Crippen LogP contribution in [-0.2, 0) is 11.8 Å². The summed E-state index contributed by atoms with van der Waals surface area (Å²) in [4.78, 5) is 27.3. The van der Waals surface area contributed by atoms with E-state index in [9.17, 15) is 13.6 Å². The van der Waals surface area contributed by atoms with Gasteiger partial charge in [0.15, 0.2) is 12.4 Å². The monoisotopic (exact) mass is 496 g/mol. The minimum absolute atomic E-state index is 0.0147. The summed E-state index contributed by atoms with van der Waals surface area (Å²) in [6.07, 6.45) is 2.91. The molecule has 5 rings (SSSR count). The van der Waals surface area contributed by atoms with E-state index in [-0.39, 0.29) is 23.7 Å². The number of anilines is 2. The Balaban J connectivity index is 1.36. The highest BCUT2D eigenvalue weighted by Crippen LogP contribution is 2.27. The van der Waals surface area contributed by atoms with Gasteiger partial charge in [-0.1, -0.05) is 11.3 Å². The summed E-state index contributed by atoms with van der Waals surface area (Å²) in [5, 5.41) is 15.3. The smallest absolute Gasteiger partial charge is 0.272 e. The van der Waals surface area contributed by atoms with Gasteiger partial charge in [0.1, 0.15) is 5.69 Å². The molecule has 36 heavy (non-hydrogen) atoms. The quantitative estimate of drug-likeness (QED) is 0.390. The van der Waals surface area contributed by atoms with Crippen LogP contribution in [0.2, 0.25) is 0 Å². The van der Waals surface area contributed by atoms with Crippen LogP contribution in [0.3, 0.4) is 0 Å². The van der Waals surface area contributed by atoms with Gasteiger partial charge in [-0.25, -0.2) is 28.4 Å². The molecule has 0 bridgehead atoms. The van der Waals surface area contributed by atoms with Crippen molar-refractivity contribution in [2.24, 2.45) is 7.05 Å². The first-order chi connectivity index (χ1) is 17.4. The van der Waals surface area contributed by atoms with E-state index in [1.165, 1.54) is 9.36 Å². The zero-order valence-corrected chi connectivity index (χ0v) is 19.4.